The lowest BCUT2D eigenvalue weighted by Gasteiger charge is -2.07. The number of rotatable bonds is 2. The second-order valence-electron chi connectivity index (χ2n) is 3.07. The third kappa shape index (κ3) is 2.25. The first-order chi connectivity index (χ1) is 8.13. The Kier molecular flexibility index (Phi) is 3.30. The van der Waals surface area contributed by atoms with Crippen LogP contribution in [0.3, 0.4) is 0 Å². The Labute approximate surface area is 110 Å². The van der Waals surface area contributed by atoms with Crippen molar-refractivity contribution in [2.24, 2.45) is 10.9 Å². The van der Waals surface area contributed by atoms with Crippen LogP contribution in [0.1, 0.15) is 5.82 Å². The van der Waals surface area contributed by atoms with Crippen LogP contribution in [-0.4, -0.2) is 25.6 Å². The third-order valence-electron chi connectivity index (χ3n) is 1.99. The van der Waals surface area contributed by atoms with Gasteiger partial charge in [-0.1, -0.05) is 16.8 Å². The first kappa shape index (κ1) is 11.9. The molecular formula is C9H7BrClN5O. The van der Waals surface area contributed by atoms with Crippen molar-refractivity contribution in [3.05, 3.63) is 40.0 Å². The van der Waals surface area contributed by atoms with Crippen molar-refractivity contribution in [3.8, 4) is 5.82 Å². The number of hydrogen-bond acceptors (Lipinski definition) is 4. The van der Waals surface area contributed by atoms with Crippen molar-refractivity contribution in [2.75, 3.05) is 0 Å². The third-order valence-corrected chi connectivity index (χ3v) is 2.78. The lowest BCUT2D eigenvalue weighted by Crippen LogP contribution is -2.19. The molecule has 0 aliphatic rings. The van der Waals surface area contributed by atoms with E-state index in [1.807, 2.05) is 0 Å². The molecule has 0 aliphatic carbocycles. The van der Waals surface area contributed by atoms with E-state index in [0.717, 1.165) is 0 Å². The lowest BCUT2D eigenvalue weighted by atomic mass is 10.4. The highest BCUT2D eigenvalue weighted by atomic mass is 79.9. The van der Waals surface area contributed by atoms with E-state index in [4.69, 9.17) is 22.5 Å². The van der Waals surface area contributed by atoms with Crippen LogP contribution in [0.15, 0.2) is 34.3 Å². The molecule has 0 spiro atoms. The zero-order valence-corrected chi connectivity index (χ0v) is 10.7. The largest absolute Gasteiger partial charge is 0.409 e. The molecule has 0 amide bonds. The fourth-order valence-electron chi connectivity index (χ4n) is 1.29. The minimum atomic E-state index is -0.0985. The summed E-state index contributed by atoms with van der Waals surface area (Å²) in [5.41, 5.74) is 5.50. The normalized spacial score (nSPS) is 11.8. The summed E-state index contributed by atoms with van der Waals surface area (Å²) in [6.07, 6.45) is 4.67. The van der Waals surface area contributed by atoms with Crippen LogP contribution in [0, 0.1) is 0 Å². The van der Waals surface area contributed by atoms with E-state index in [1.54, 1.807) is 16.8 Å². The van der Waals surface area contributed by atoms with Gasteiger partial charge in [0.1, 0.15) is 0 Å². The molecule has 2 aromatic rings. The minimum absolute atomic E-state index is 0.0985. The number of hydrogen-bond donors (Lipinski definition) is 2. The summed E-state index contributed by atoms with van der Waals surface area (Å²) in [5.74, 6) is 0.746. The van der Waals surface area contributed by atoms with E-state index in [-0.39, 0.29) is 5.84 Å². The maximum atomic E-state index is 8.65. The van der Waals surface area contributed by atoms with E-state index < -0.39 is 0 Å². The summed E-state index contributed by atoms with van der Waals surface area (Å²) in [6.45, 7) is 0. The Morgan fingerprint density at radius 3 is 2.94 bits per heavy atom. The van der Waals surface area contributed by atoms with Crippen LogP contribution in [0.2, 0.25) is 5.02 Å². The van der Waals surface area contributed by atoms with Gasteiger partial charge in [-0.2, -0.15) is 0 Å². The van der Waals surface area contributed by atoms with Crippen LogP contribution in [0.4, 0.5) is 0 Å². The molecule has 3 N–H and O–H groups in total. The molecule has 88 valence electrons. The Bertz CT molecular complexity index is 583. The highest BCUT2D eigenvalue weighted by Gasteiger charge is 2.13. The van der Waals surface area contributed by atoms with Crippen molar-refractivity contribution in [3.63, 3.8) is 0 Å². The average Bonchev–Trinajstić information content (AvgIpc) is 2.77. The van der Waals surface area contributed by atoms with E-state index in [1.165, 1.54) is 12.4 Å². The molecule has 0 saturated heterocycles. The number of nitrogens with zero attached hydrogens (tertiary/aromatic N) is 4. The minimum Gasteiger partial charge on any atom is -0.409 e. The molecule has 2 aromatic heterocycles. The highest BCUT2D eigenvalue weighted by Crippen LogP contribution is 2.23. The van der Waals surface area contributed by atoms with Gasteiger partial charge in [0, 0.05) is 18.6 Å². The lowest BCUT2D eigenvalue weighted by molar-refractivity contribution is 0.318. The quantitative estimate of drug-likeness (QED) is 0.382. The molecule has 2 rings (SSSR count). The van der Waals surface area contributed by atoms with Gasteiger partial charge < -0.3 is 10.9 Å². The molecule has 0 radical (unpaired) electrons. The Hall–Kier alpha value is -1.60. The Morgan fingerprint density at radius 2 is 2.29 bits per heavy atom. The molecule has 0 fully saturated rings. The molecule has 6 nitrogen and oxygen atoms in total. The van der Waals surface area contributed by atoms with Crippen molar-refractivity contribution in [2.45, 2.75) is 0 Å². The van der Waals surface area contributed by atoms with Crippen LogP contribution < -0.4 is 5.73 Å². The maximum absolute atomic E-state index is 8.65. The summed E-state index contributed by atoms with van der Waals surface area (Å²) >= 11 is 9.14. The molecule has 0 bridgehead atoms. The van der Waals surface area contributed by atoms with Crippen LogP contribution in [0.25, 0.3) is 5.82 Å². The predicted molar refractivity (Wildman–Crippen MR) is 66.6 cm³/mol. The number of pyridine rings is 1. The molecule has 2 heterocycles. The van der Waals surface area contributed by atoms with Crippen molar-refractivity contribution >= 4 is 33.4 Å². The van der Waals surface area contributed by atoms with Gasteiger partial charge in [0.15, 0.2) is 11.6 Å². The van der Waals surface area contributed by atoms with Gasteiger partial charge in [-0.3, -0.25) is 4.57 Å². The first-order valence-corrected chi connectivity index (χ1v) is 5.63. The molecule has 0 unspecified atom stereocenters. The second-order valence-corrected chi connectivity index (χ2v) is 4.36. The second kappa shape index (κ2) is 4.72. The zero-order chi connectivity index (χ0) is 12.4. The Balaban J connectivity index is 2.58. The fourth-order valence-corrected chi connectivity index (χ4v) is 2.12. The average molecular weight is 317 g/mol. The van der Waals surface area contributed by atoms with Crippen molar-refractivity contribution in [1.82, 2.24) is 14.5 Å². The highest BCUT2D eigenvalue weighted by molar-refractivity contribution is 9.10. The van der Waals surface area contributed by atoms with Crippen molar-refractivity contribution in [1.29, 1.82) is 0 Å². The monoisotopic (exact) mass is 315 g/mol. The van der Waals surface area contributed by atoms with Gasteiger partial charge in [0.25, 0.3) is 0 Å². The van der Waals surface area contributed by atoms with Gasteiger partial charge in [-0.15, -0.1) is 0 Å². The van der Waals surface area contributed by atoms with Gasteiger partial charge in [-0.05, 0) is 22.0 Å². The molecule has 0 atom stereocenters. The number of nitrogens with two attached hydrogens (primary N) is 1. The first-order valence-electron chi connectivity index (χ1n) is 4.46. The van der Waals surface area contributed by atoms with E-state index in [0.29, 0.717) is 21.1 Å². The fraction of sp³-hybridized carbons (Fsp3) is 0. The molecule has 0 aromatic carbocycles. The number of imidazole rings is 1. The van der Waals surface area contributed by atoms with Gasteiger partial charge in [-0.25, -0.2) is 9.97 Å². The number of oxime groups is 1. The number of halogens is 2. The predicted octanol–water partition coefficient (Wildman–Crippen LogP) is 1.78. The zero-order valence-electron chi connectivity index (χ0n) is 8.38. The van der Waals surface area contributed by atoms with E-state index in [9.17, 15) is 0 Å². The molecule has 8 heteroatoms. The number of aromatic nitrogens is 3. The Morgan fingerprint density at radius 1 is 1.53 bits per heavy atom. The summed E-state index contributed by atoms with van der Waals surface area (Å²) in [4.78, 5) is 8.13. The number of amidine groups is 1. The van der Waals surface area contributed by atoms with E-state index >= 15 is 0 Å². The molecular weight excluding hydrogens is 309 g/mol. The van der Waals surface area contributed by atoms with Crippen LogP contribution >= 0.6 is 27.5 Å². The molecule has 17 heavy (non-hydrogen) atoms. The van der Waals surface area contributed by atoms with E-state index in [2.05, 4.69) is 31.1 Å². The van der Waals surface area contributed by atoms with Gasteiger partial charge in [0.05, 0.1) is 9.50 Å². The van der Waals surface area contributed by atoms with Gasteiger partial charge in [0.2, 0.25) is 5.84 Å². The summed E-state index contributed by atoms with van der Waals surface area (Å²) < 4.78 is 2.25. The van der Waals surface area contributed by atoms with Crippen LogP contribution in [-0.2, 0) is 0 Å². The van der Waals surface area contributed by atoms with Gasteiger partial charge >= 0.3 is 0 Å². The van der Waals surface area contributed by atoms with Crippen molar-refractivity contribution < 1.29 is 5.21 Å². The summed E-state index contributed by atoms with van der Waals surface area (Å²) in [5, 5.41) is 12.1. The summed E-state index contributed by atoms with van der Waals surface area (Å²) in [6, 6.07) is 1.69. The molecule has 0 aliphatic heterocycles. The SMILES string of the molecule is N/C(=N/O)c1nccn1-c1ncc(Cl)cc1Br. The maximum Gasteiger partial charge on any atom is 0.206 e. The standard InChI is InChI=1S/C9H7BrClN5O/c10-6-3-5(11)4-14-8(6)16-2-1-13-9(16)7(12)15-17/h1-4,17H,(H2,12,15). The smallest absolute Gasteiger partial charge is 0.206 e. The topological polar surface area (TPSA) is 89.3 Å². The summed E-state index contributed by atoms with van der Waals surface area (Å²) in [7, 11) is 0. The van der Waals surface area contributed by atoms with Crippen LogP contribution in [0.5, 0.6) is 0 Å². The molecule has 0 saturated carbocycles.